The highest BCUT2D eigenvalue weighted by Crippen LogP contribution is 2.19. The summed E-state index contributed by atoms with van der Waals surface area (Å²) >= 11 is 6.82. The summed E-state index contributed by atoms with van der Waals surface area (Å²) in [5, 5.41) is 4.63. The van der Waals surface area contributed by atoms with Crippen molar-refractivity contribution in [2.24, 2.45) is 0 Å². The third-order valence-corrected chi connectivity index (χ3v) is 2.05. The number of carbonyl (C=O) groups is 1. The highest BCUT2D eigenvalue weighted by molar-refractivity contribution is 7.08. The molecule has 0 saturated heterocycles. The molecule has 0 saturated carbocycles. The third kappa shape index (κ3) is 1.30. The Morgan fingerprint density at radius 3 is 3.00 bits per heavy atom. The largest absolute Gasteiger partial charge is 0.465 e. The minimum Gasteiger partial charge on any atom is -0.465 e. The summed E-state index contributed by atoms with van der Waals surface area (Å²) in [5.74, 6) is -0.414. The second-order valence-electron chi connectivity index (χ2n) is 1.56. The zero-order chi connectivity index (χ0) is 7.56. The number of ether oxygens (including phenoxy) is 1. The van der Waals surface area contributed by atoms with Crippen molar-refractivity contribution >= 4 is 28.9 Å². The van der Waals surface area contributed by atoms with E-state index < -0.39 is 5.97 Å². The van der Waals surface area contributed by atoms with Gasteiger partial charge in [0, 0.05) is 5.38 Å². The molecule has 53 valence electrons. The van der Waals surface area contributed by atoms with Gasteiger partial charge in [0.05, 0.1) is 23.1 Å². The highest BCUT2D eigenvalue weighted by atomic mass is 35.5. The smallest absolute Gasteiger partial charge is 0.340 e. The van der Waals surface area contributed by atoms with Crippen LogP contribution in [-0.2, 0) is 4.74 Å². The number of hydrogen-bond donors (Lipinski definition) is 0. The SMILES string of the molecule is COC(=O)c1cs[c]c1Cl. The van der Waals surface area contributed by atoms with Crippen LogP contribution >= 0.6 is 22.9 Å². The molecule has 2 nitrogen and oxygen atoms in total. The Bertz CT molecular complexity index is 244. The van der Waals surface area contributed by atoms with E-state index >= 15 is 0 Å². The van der Waals surface area contributed by atoms with Crippen LogP contribution in [0.1, 0.15) is 10.4 Å². The molecule has 1 radical (unpaired) electrons. The number of hydrogen-bond acceptors (Lipinski definition) is 3. The number of esters is 1. The lowest BCUT2D eigenvalue weighted by molar-refractivity contribution is 0.0601. The van der Waals surface area contributed by atoms with E-state index in [-0.39, 0.29) is 0 Å². The zero-order valence-corrected chi connectivity index (χ0v) is 6.75. The predicted octanol–water partition coefficient (Wildman–Crippen LogP) is 1.99. The van der Waals surface area contributed by atoms with Gasteiger partial charge in [0.15, 0.2) is 0 Å². The lowest BCUT2D eigenvalue weighted by Crippen LogP contribution is -1.98. The van der Waals surface area contributed by atoms with E-state index in [0.717, 1.165) is 0 Å². The number of carbonyl (C=O) groups excluding carboxylic acids is 1. The van der Waals surface area contributed by atoms with Gasteiger partial charge in [0.25, 0.3) is 0 Å². The van der Waals surface area contributed by atoms with Crippen molar-refractivity contribution in [2.45, 2.75) is 0 Å². The standard InChI is InChI=1S/C6H4ClO2S/c1-9-6(8)4-2-10-3-5(4)7/h2H,1H3. The predicted molar refractivity (Wildman–Crippen MR) is 39.5 cm³/mol. The average molecular weight is 176 g/mol. The van der Waals surface area contributed by atoms with Crippen molar-refractivity contribution in [1.29, 1.82) is 0 Å². The fraction of sp³-hybridized carbons (Fsp3) is 0.167. The van der Waals surface area contributed by atoms with E-state index in [4.69, 9.17) is 11.6 Å². The molecule has 0 aliphatic heterocycles. The Balaban J connectivity index is 2.93. The summed E-state index contributed by atoms with van der Waals surface area (Å²) in [6, 6.07) is 0. The van der Waals surface area contributed by atoms with Crippen molar-refractivity contribution in [1.82, 2.24) is 0 Å². The van der Waals surface area contributed by atoms with Crippen LogP contribution in [0.4, 0.5) is 0 Å². The molecule has 0 bridgehead atoms. The van der Waals surface area contributed by atoms with Crippen LogP contribution in [0.3, 0.4) is 0 Å². The van der Waals surface area contributed by atoms with E-state index in [1.165, 1.54) is 18.4 Å². The van der Waals surface area contributed by atoms with Crippen molar-refractivity contribution in [3.63, 3.8) is 0 Å². The molecule has 4 heteroatoms. The van der Waals surface area contributed by atoms with Crippen LogP contribution in [0, 0.1) is 5.38 Å². The lowest BCUT2D eigenvalue weighted by Gasteiger charge is -1.93. The second kappa shape index (κ2) is 3.03. The summed E-state index contributed by atoms with van der Waals surface area (Å²) in [7, 11) is 1.32. The van der Waals surface area contributed by atoms with Crippen LogP contribution in [0.25, 0.3) is 0 Å². The molecule has 0 amide bonds. The molecule has 0 fully saturated rings. The monoisotopic (exact) mass is 175 g/mol. The van der Waals surface area contributed by atoms with Crippen LogP contribution in [0.2, 0.25) is 5.02 Å². The normalized spacial score (nSPS) is 9.40. The van der Waals surface area contributed by atoms with Crippen LogP contribution in [0.5, 0.6) is 0 Å². The molecule has 1 heterocycles. The Morgan fingerprint density at radius 1 is 1.90 bits per heavy atom. The van der Waals surface area contributed by atoms with Crippen LogP contribution in [0.15, 0.2) is 5.38 Å². The Kier molecular flexibility index (Phi) is 2.29. The molecule has 0 atom stereocenters. The zero-order valence-electron chi connectivity index (χ0n) is 5.18. The van der Waals surface area contributed by atoms with Gasteiger partial charge in [0.1, 0.15) is 0 Å². The number of rotatable bonds is 1. The average Bonchev–Trinajstić information content (AvgIpc) is 2.34. The maximum atomic E-state index is 10.8. The van der Waals surface area contributed by atoms with Gasteiger partial charge in [-0.3, -0.25) is 0 Å². The summed E-state index contributed by atoms with van der Waals surface area (Å²) in [6.07, 6.45) is 0. The number of halogens is 1. The van der Waals surface area contributed by atoms with E-state index in [9.17, 15) is 4.79 Å². The Labute approximate surface area is 67.4 Å². The molecule has 0 unspecified atom stereocenters. The van der Waals surface area contributed by atoms with E-state index in [1.54, 1.807) is 5.38 Å². The highest BCUT2D eigenvalue weighted by Gasteiger charge is 2.10. The van der Waals surface area contributed by atoms with Gasteiger partial charge >= 0.3 is 5.97 Å². The maximum absolute atomic E-state index is 10.8. The van der Waals surface area contributed by atoms with E-state index in [2.05, 4.69) is 10.1 Å². The maximum Gasteiger partial charge on any atom is 0.340 e. The van der Waals surface area contributed by atoms with Gasteiger partial charge in [-0.1, -0.05) is 11.6 Å². The molecule has 0 aliphatic carbocycles. The summed E-state index contributed by atoms with van der Waals surface area (Å²) < 4.78 is 4.44. The van der Waals surface area contributed by atoms with Gasteiger partial charge < -0.3 is 4.74 Å². The van der Waals surface area contributed by atoms with Gasteiger partial charge in [-0.2, -0.15) is 0 Å². The second-order valence-corrected chi connectivity index (χ2v) is 2.61. The van der Waals surface area contributed by atoms with Crippen molar-refractivity contribution < 1.29 is 9.53 Å². The molecule has 0 aromatic carbocycles. The van der Waals surface area contributed by atoms with Crippen molar-refractivity contribution in [3.05, 3.63) is 21.3 Å². The quantitative estimate of drug-likeness (QED) is 0.611. The topological polar surface area (TPSA) is 26.3 Å². The van der Waals surface area contributed by atoms with E-state index in [1.807, 2.05) is 0 Å². The van der Waals surface area contributed by atoms with Gasteiger partial charge in [0.2, 0.25) is 0 Å². The van der Waals surface area contributed by atoms with Gasteiger partial charge in [-0.25, -0.2) is 4.79 Å². The lowest BCUT2D eigenvalue weighted by atomic mass is 10.3. The number of methoxy groups -OCH3 is 1. The molecule has 1 rings (SSSR count). The molecule has 0 aliphatic rings. The van der Waals surface area contributed by atoms with Crippen LogP contribution in [-0.4, -0.2) is 13.1 Å². The molecular weight excluding hydrogens is 172 g/mol. The van der Waals surface area contributed by atoms with Crippen molar-refractivity contribution in [3.8, 4) is 0 Å². The fourth-order valence-corrected chi connectivity index (χ4v) is 1.43. The summed E-state index contributed by atoms with van der Waals surface area (Å²) in [6.45, 7) is 0. The third-order valence-electron chi connectivity index (χ3n) is 0.967. The van der Waals surface area contributed by atoms with Crippen LogP contribution < -0.4 is 0 Å². The molecule has 0 N–H and O–H groups in total. The first kappa shape index (κ1) is 7.57. The number of thiophene rings is 1. The molecule has 1 aromatic rings. The molecule has 1 aromatic heterocycles. The first-order valence-corrected chi connectivity index (χ1v) is 3.74. The van der Waals surface area contributed by atoms with Gasteiger partial charge in [-0.05, 0) is 0 Å². The van der Waals surface area contributed by atoms with E-state index in [0.29, 0.717) is 10.6 Å². The first-order valence-electron chi connectivity index (χ1n) is 2.48. The van der Waals surface area contributed by atoms with Gasteiger partial charge in [-0.15, -0.1) is 11.3 Å². The summed E-state index contributed by atoms with van der Waals surface area (Å²) in [4.78, 5) is 10.8. The first-order chi connectivity index (χ1) is 4.75. The summed E-state index contributed by atoms with van der Waals surface area (Å²) in [5.41, 5.74) is 0.383. The Morgan fingerprint density at radius 2 is 2.60 bits per heavy atom. The minimum absolute atomic E-state index is 0.330. The Hall–Kier alpha value is -0.540. The molecule has 0 spiro atoms. The molecular formula is C6H4ClO2S. The fourth-order valence-electron chi connectivity index (χ4n) is 0.495. The van der Waals surface area contributed by atoms with Crippen molar-refractivity contribution in [2.75, 3.05) is 7.11 Å². The molecule has 10 heavy (non-hydrogen) atoms. The minimum atomic E-state index is -0.414.